The summed E-state index contributed by atoms with van der Waals surface area (Å²) in [4.78, 5) is 15.4. The predicted molar refractivity (Wildman–Crippen MR) is 86.6 cm³/mol. The number of benzene rings is 2. The van der Waals surface area contributed by atoms with Crippen molar-refractivity contribution in [3.8, 4) is 17.0 Å². The van der Waals surface area contributed by atoms with Crippen molar-refractivity contribution in [2.24, 2.45) is 0 Å². The Morgan fingerprint density at radius 2 is 1.83 bits per heavy atom. The normalized spacial score (nSPS) is 12.0. The number of ether oxygens (including phenoxy) is 1. The first-order chi connectivity index (χ1) is 11.4. The zero-order valence-corrected chi connectivity index (χ0v) is 12.8. The van der Waals surface area contributed by atoms with Gasteiger partial charge in [-0.05, 0) is 30.4 Å². The Labute approximate surface area is 136 Å². The Kier molecular flexibility index (Phi) is 4.46. The lowest BCUT2D eigenvalue weighted by Crippen LogP contribution is -2.10. The second kappa shape index (κ2) is 6.55. The summed E-state index contributed by atoms with van der Waals surface area (Å²) in [5.41, 5.74) is 1.91. The van der Waals surface area contributed by atoms with Crippen LogP contribution < -0.4 is 10.2 Å². The number of unbranched alkanes of at least 4 members (excludes halogenated alkanes) is 1. The van der Waals surface area contributed by atoms with Crippen LogP contribution in [0, 0.1) is 0 Å². The van der Waals surface area contributed by atoms with E-state index in [4.69, 9.17) is 4.74 Å². The van der Waals surface area contributed by atoms with E-state index >= 15 is 0 Å². The van der Waals surface area contributed by atoms with Crippen LogP contribution in [0.3, 0.4) is 0 Å². The van der Waals surface area contributed by atoms with Gasteiger partial charge in [0.15, 0.2) is 5.43 Å². The van der Waals surface area contributed by atoms with Crippen molar-refractivity contribution in [1.29, 1.82) is 0 Å². The smallest absolute Gasteiger partial charge is 0.389 e. The van der Waals surface area contributed by atoms with Gasteiger partial charge in [-0.3, -0.25) is 4.79 Å². The molecule has 2 aliphatic rings. The lowest BCUT2D eigenvalue weighted by Gasteiger charge is -2.11. The monoisotopic (exact) mass is 335 g/mol. The van der Waals surface area contributed by atoms with Gasteiger partial charge in [0.1, 0.15) is 5.75 Å². The molecule has 0 spiro atoms. The van der Waals surface area contributed by atoms with Crippen LogP contribution in [0.4, 0.5) is 13.2 Å². The zero-order valence-electron chi connectivity index (χ0n) is 12.8. The molecule has 6 heteroatoms. The van der Waals surface area contributed by atoms with Crippen LogP contribution in [-0.4, -0.2) is 17.8 Å². The summed E-state index contributed by atoms with van der Waals surface area (Å²) >= 11 is 0. The highest BCUT2D eigenvalue weighted by Crippen LogP contribution is 2.26. The molecule has 0 aromatic heterocycles. The summed E-state index contributed by atoms with van der Waals surface area (Å²) in [5.74, 6) is 0.367. The minimum atomic E-state index is -4.14. The number of H-pyrrole nitrogens is 1. The molecule has 1 N–H and O–H groups in total. The van der Waals surface area contributed by atoms with Crippen molar-refractivity contribution in [2.75, 3.05) is 6.61 Å². The van der Waals surface area contributed by atoms with Crippen molar-refractivity contribution in [2.45, 2.75) is 25.4 Å². The van der Waals surface area contributed by atoms with Gasteiger partial charge in [0.05, 0.1) is 12.3 Å². The van der Waals surface area contributed by atoms with Crippen molar-refractivity contribution in [3.05, 3.63) is 52.7 Å². The number of hydrogen-bond donors (Lipinski definition) is 1. The molecular weight excluding hydrogens is 319 g/mol. The number of halogens is 3. The molecular formula is C18H16F3NO2. The fourth-order valence-corrected chi connectivity index (χ4v) is 2.59. The molecule has 3 rings (SSSR count). The van der Waals surface area contributed by atoms with Gasteiger partial charge in [-0.2, -0.15) is 13.2 Å². The fraction of sp³-hybridized carbons (Fsp3) is 0.278. The molecule has 0 unspecified atom stereocenters. The van der Waals surface area contributed by atoms with E-state index in [9.17, 15) is 18.0 Å². The van der Waals surface area contributed by atoms with Crippen LogP contribution in [0.1, 0.15) is 19.3 Å². The molecule has 0 radical (unpaired) electrons. The maximum Gasteiger partial charge on any atom is 0.389 e. The van der Waals surface area contributed by atoms with E-state index < -0.39 is 12.6 Å². The summed E-state index contributed by atoms with van der Waals surface area (Å²) in [6, 6.07) is 12.5. The Bertz CT molecular complexity index is 870. The van der Waals surface area contributed by atoms with Gasteiger partial charge in [-0.1, -0.05) is 18.2 Å². The Hall–Kier alpha value is -2.50. The minimum Gasteiger partial charge on any atom is -0.493 e. The van der Waals surface area contributed by atoms with E-state index in [2.05, 4.69) is 4.98 Å². The minimum absolute atomic E-state index is 0.0120. The maximum atomic E-state index is 12.2. The van der Waals surface area contributed by atoms with Gasteiger partial charge in [-0.25, -0.2) is 0 Å². The molecule has 1 aliphatic heterocycles. The highest BCUT2D eigenvalue weighted by Gasteiger charge is 2.25. The third kappa shape index (κ3) is 3.88. The van der Waals surface area contributed by atoms with Gasteiger partial charge in [0, 0.05) is 29.6 Å². The Morgan fingerprint density at radius 1 is 1.04 bits per heavy atom. The lowest BCUT2D eigenvalue weighted by molar-refractivity contribution is -0.135. The van der Waals surface area contributed by atoms with Crippen LogP contribution in [-0.2, 0) is 0 Å². The second-order valence-electron chi connectivity index (χ2n) is 5.66. The molecule has 126 valence electrons. The van der Waals surface area contributed by atoms with Gasteiger partial charge < -0.3 is 9.72 Å². The molecule has 1 aromatic rings. The van der Waals surface area contributed by atoms with Crippen LogP contribution in [0.2, 0.25) is 0 Å². The molecule has 0 atom stereocenters. The topological polar surface area (TPSA) is 42.1 Å². The van der Waals surface area contributed by atoms with Gasteiger partial charge in [0.2, 0.25) is 0 Å². The van der Waals surface area contributed by atoms with E-state index in [1.807, 2.05) is 30.3 Å². The van der Waals surface area contributed by atoms with E-state index in [1.165, 1.54) is 6.07 Å². The number of rotatable bonds is 5. The average molecular weight is 335 g/mol. The SMILES string of the molecule is O=c1cc(OCCCCC(F)(F)F)cc2[nH]c3ccccc3cc1-2. The largest absolute Gasteiger partial charge is 0.493 e. The standard InChI is InChI=1S/C18H16F3NO2/c19-18(20,21)7-3-4-8-24-13-10-16-14(17(23)11-13)9-12-5-1-2-6-15(12)22-16/h1-2,5-6,9-11,22H,3-4,7-8H2. The van der Waals surface area contributed by atoms with Crippen LogP contribution in [0.5, 0.6) is 5.75 Å². The van der Waals surface area contributed by atoms with Crippen LogP contribution >= 0.6 is 0 Å². The summed E-state index contributed by atoms with van der Waals surface area (Å²) in [6.07, 6.45) is -4.66. The third-order valence-electron chi connectivity index (χ3n) is 3.77. The lowest BCUT2D eigenvalue weighted by atomic mass is 10.1. The number of nitrogens with one attached hydrogen (secondary N) is 1. The predicted octanol–water partition coefficient (Wildman–Crippen LogP) is 4.74. The molecule has 0 saturated heterocycles. The van der Waals surface area contributed by atoms with Gasteiger partial charge in [0.25, 0.3) is 0 Å². The number of alkyl halides is 3. The average Bonchev–Trinajstić information content (AvgIpc) is 2.52. The molecule has 0 bridgehead atoms. The number of aromatic nitrogens is 1. The van der Waals surface area contributed by atoms with E-state index in [1.54, 1.807) is 6.07 Å². The molecule has 1 heterocycles. The fourth-order valence-electron chi connectivity index (χ4n) is 2.59. The molecule has 1 aliphatic carbocycles. The van der Waals surface area contributed by atoms with Gasteiger partial charge >= 0.3 is 6.18 Å². The number of para-hydroxylation sites is 1. The van der Waals surface area contributed by atoms with Crippen LogP contribution in [0.15, 0.2) is 47.3 Å². The first-order valence-electron chi connectivity index (χ1n) is 7.68. The maximum absolute atomic E-state index is 12.2. The van der Waals surface area contributed by atoms with Crippen molar-refractivity contribution in [1.82, 2.24) is 4.98 Å². The molecule has 0 amide bonds. The van der Waals surface area contributed by atoms with Crippen molar-refractivity contribution >= 4 is 10.9 Å². The zero-order chi connectivity index (χ0) is 17.2. The molecule has 1 aromatic carbocycles. The molecule has 24 heavy (non-hydrogen) atoms. The summed E-state index contributed by atoms with van der Waals surface area (Å²) in [6.45, 7) is 0.147. The Balaban J connectivity index is 1.74. The molecule has 3 nitrogen and oxygen atoms in total. The number of hydrogen-bond acceptors (Lipinski definition) is 2. The first-order valence-corrected chi connectivity index (χ1v) is 7.68. The van der Waals surface area contributed by atoms with Crippen molar-refractivity contribution < 1.29 is 17.9 Å². The van der Waals surface area contributed by atoms with Gasteiger partial charge in [-0.15, -0.1) is 0 Å². The highest BCUT2D eigenvalue weighted by atomic mass is 19.4. The number of fused-ring (bicyclic) bond motifs is 2. The number of pyridine rings is 1. The highest BCUT2D eigenvalue weighted by molar-refractivity contribution is 5.85. The quantitative estimate of drug-likeness (QED) is 0.540. The Morgan fingerprint density at radius 3 is 2.62 bits per heavy atom. The van der Waals surface area contributed by atoms with Crippen LogP contribution in [0.25, 0.3) is 22.2 Å². The third-order valence-corrected chi connectivity index (χ3v) is 3.77. The molecule has 0 fully saturated rings. The first kappa shape index (κ1) is 16.4. The second-order valence-corrected chi connectivity index (χ2v) is 5.66. The summed E-state index contributed by atoms with van der Waals surface area (Å²) in [5, 5.41) is 0.933. The van der Waals surface area contributed by atoms with Crippen molar-refractivity contribution in [3.63, 3.8) is 0 Å². The summed E-state index contributed by atoms with van der Waals surface area (Å²) in [7, 11) is 0. The molecule has 0 saturated carbocycles. The summed E-state index contributed by atoms with van der Waals surface area (Å²) < 4.78 is 41.7. The van der Waals surface area contributed by atoms with E-state index in [-0.39, 0.29) is 24.9 Å². The van der Waals surface area contributed by atoms with E-state index in [0.717, 1.165) is 10.9 Å². The number of aromatic amines is 1. The van der Waals surface area contributed by atoms with E-state index in [0.29, 0.717) is 17.0 Å².